The molecule has 1 aliphatic carbocycles. The van der Waals surface area contributed by atoms with Crippen molar-refractivity contribution in [2.75, 3.05) is 45.0 Å². The van der Waals surface area contributed by atoms with Crippen molar-refractivity contribution in [2.24, 2.45) is 0 Å². The third-order valence-electron chi connectivity index (χ3n) is 6.16. The molecule has 1 N–H and O–H groups in total. The Morgan fingerprint density at radius 3 is 2.43 bits per heavy atom. The fraction of sp³-hybridized carbons (Fsp3) is 0.615. The topological polar surface area (TPSA) is 111 Å². The van der Waals surface area contributed by atoms with Crippen LogP contribution in [0.25, 0.3) is 0 Å². The van der Waals surface area contributed by atoms with Crippen LogP contribution in [0.4, 0.5) is 5.69 Å². The second-order valence-corrected chi connectivity index (χ2v) is 8.81. The van der Waals surface area contributed by atoms with E-state index in [1.165, 1.54) is 0 Å². The van der Waals surface area contributed by atoms with Crippen LogP contribution in [0.15, 0.2) is 18.2 Å². The smallest absolute Gasteiger partial charge is 0.255 e. The number of ketones is 2. The summed E-state index contributed by atoms with van der Waals surface area (Å²) in [6, 6.07) is 4.59. The molecule has 0 saturated heterocycles. The van der Waals surface area contributed by atoms with E-state index in [0.717, 1.165) is 13.0 Å². The van der Waals surface area contributed by atoms with Gasteiger partial charge >= 0.3 is 0 Å². The van der Waals surface area contributed by atoms with Gasteiger partial charge in [0, 0.05) is 49.2 Å². The molecule has 1 aromatic rings. The summed E-state index contributed by atoms with van der Waals surface area (Å²) >= 11 is 0. The molecule has 3 rings (SSSR count). The first kappa shape index (κ1) is 27.0. The van der Waals surface area contributed by atoms with Gasteiger partial charge in [0.25, 0.3) is 5.91 Å². The van der Waals surface area contributed by atoms with E-state index in [1.807, 2.05) is 0 Å². The number of benzene rings is 1. The highest BCUT2D eigenvalue weighted by Gasteiger charge is 2.37. The largest absolute Gasteiger partial charge is 0.379 e. The van der Waals surface area contributed by atoms with Crippen LogP contribution in [-0.4, -0.2) is 74.0 Å². The fourth-order valence-corrected chi connectivity index (χ4v) is 4.33. The molecule has 1 fully saturated rings. The molecule has 1 saturated carbocycles. The van der Waals surface area contributed by atoms with Gasteiger partial charge in [0.15, 0.2) is 5.78 Å². The summed E-state index contributed by atoms with van der Waals surface area (Å²) in [7, 11) is 0. The Morgan fingerprint density at radius 1 is 0.971 bits per heavy atom. The Hall–Kier alpha value is -2.62. The summed E-state index contributed by atoms with van der Waals surface area (Å²) in [6.07, 6.45) is 3.07. The van der Waals surface area contributed by atoms with Gasteiger partial charge in [0.05, 0.1) is 45.5 Å². The summed E-state index contributed by atoms with van der Waals surface area (Å²) in [5.41, 5.74) is 1.75. The number of hydrogen-bond donors (Lipinski definition) is 1. The van der Waals surface area contributed by atoms with Crippen molar-refractivity contribution < 1.29 is 33.4 Å². The number of nitrogens with zero attached hydrogens (tertiary/aromatic N) is 1. The summed E-state index contributed by atoms with van der Waals surface area (Å²) < 4.78 is 16.2. The summed E-state index contributed by atoms with van der Waals surface area (Å²) in [5.74, 6) is -0.315. The fourth-order valence-electron chi connectivity index (χ4n) is 4.33. The van der Waals surface area contributed by atoms with Gasteiger partial charge in [-0.2, -0.15) is 0 Å². The minimum absolute atomic E-state index is 0.00106. The Labute approximate surface area is 206 Å². The Balaban J connectivity index is 1.46. The standard InChI is InChI=1S/C26H36N2O7/c1-2-12-33-14-16-35-17-15-34-13-11-25(31)27-22-7-4-6-20-21(22)18-28(26(20)32)23-10-9-19(29)5-3-8-24(23)30/h4,6-7,23H,2-3,5,8-18H2,1H3,(H,27,31). The molecule has 1 unspecified atom stereocenters. The first-order valence-electron chi connectivity index (χ1n) is 12.5. The molecule has 192 valence electrons. The number of nitrogens with one attached hydrogen (secondary N) is 1. The normalized spacial score (nSPS) is 18.4. The molecule has 0 aromatic heterocycles. The van der Waals surface area contributed by atoms with Crippen LogP contribution < -0.4 is 5.32 Å². The van der Waals surface area contributed by atoms with E-state index in [2.05, 4.69) is 12.2 Å². The van der Waals surface area contributed by atoms with Gasteiger partial charge in [-0.05, 0) is 31.4 Å². The van der Waals surface area contributed by atoms with Gasteiger partial charge in [-0.15, -0.1) is 0 Å². The van der Waals surface area contributed by atoms with E-state index in [4.69, 9.17) is 14.2 Å². The van der Waals surface area contributed by atoms with Crippen LogP contribution in [0.5, 0.6) is 0 Å². The number of carbonyl (C=O) groups is 4. The molecule has 9 nitrogen and oxygen atoms in total. The SMILES string of the molecule is CCCOCCOCCOCCC(=O)Nc1cccc2c1CN(C1CCC(=O)CCCC1=O)C2=O. The van der Waals surface area contributed by atoms with Crippen molar-refractivity contribution in [3.8, 4) is 0 Å². The summed E-state index contributed by atoms with van der Waals surface area (Å²) in [4.78, 5) is 51.7. The quantitative estimate of drug-likeness (QED) is 0.425. The van der Waals surface area contributed by atoms with Crippen LogP contribution >= 0.6 is 0 Å². The lowest BCUT2D eigenvalue weighted by Gasteiger charge is -2.28. The predicted molar refractivity (Wildman–Crippen MR) is 129 cm³/mol. The van der Waals surface area contributed by atoms with Crippen molar-refractivity contribution in [1.29, 1.82) is 0 Å². The highest BCUT2D eigenvalue weighted by atomic mass is 16.5. The minimum atomic E-state index is -0.600. The van der Waals surface area contributed by atoms with Crippen LogP contribution in [-0.2, 0) is 35.1 Å². The molecule has 9 heteroatoms. The minimum Gasteiger partial charge on any atom is -0.379 e. The van der Waals surface area contributed by atoms with Gasteiger partial charge < -0.3 is 24.4 Å². The second kappa shape index (κ2) is 14.1. The Morgan fingerprint density at radius 2 is 1.69 bits per heavy atom. The lowest BCUT2D eigenvalue weighted by Crippen LogP contribution is -2.42. The number of Topliss-reactive ketones (excluding diaryl/α,β-unsaturated/α-hetero) is 2. The predicted octanol–water partition coefficient (Wildman–Crippen LogP) is 2.90. The zero-order chi connectivity index (χ0) is 25.0. The lowest BCUT2D eigenvalue weighted by atomic mass is 9.94. The number of carbonyl (C=O) groups excluding carboxylic acids is 4. The van der Waals surface area contributed by atoms with Gasteiger partial charge in [-0.1, -0.05) is 13.0 Å². The third kappa shape index (κ3) is 7.95. The maximum absolute atomic E-state index is 13.1. The van der Waals surface area contributed by atoms with Gasteiger partial charge in [-0.25, -0.2) is 0 Å². The molecule has 2 aliphatic rings. The molecular weight excluding hydrogens is 452 g/mol. The van der Waals surface area contributed by atoms with Gasteiger partial charge in [-0.3, -0.25) is 19.2 Å². The molecule has 0 radical (unpaired) electrons. The second-order valence-electron chi connectivity index (χ2n) is 8.81. The van der Waals surface area contributed by atoms with Crippen LogP contribution in [0, 0.1) is 0 Å². The van der Waals surface area contributed by atoms with Crippen molar-refractivity contribution in [2.45, 2.75) is 64.5 Å². The van der Waals surface area contributed by atoms with Crippen molar-refractivity contribution >= 4 is 29.1 Å². The number of rotatable bonds is 13. The molecule has 0 bridgehead atoms. The van der Waals surface area contributed by atoms with Crippen molar-refractivity contribution in [3.63, 3.8) is 0 Å². The first-order valence-corrected chi connectivity index (χ1v) is 12.5. The molecular formula is C26H36N2O7. The molecule has 0 spiro atoms. The number of hydrogen-bond acceptors (Lipinski definition) is 7. The summed E-state index contributed by atoms with van der Waals surface area (Å²) in [6.45, 7) is 5.18. The Kier molecular flexibility index (Phi) is 10.8. The first-order chi connectivity index (χ1) is 17.0. The van der Waals surface area contributed by atoms with Crippen LogP contribution in [0.1, 0.15) is 67.8 Å². The average molecular weight is 489 g/mol. The molecule has 2 amide bonds. The van der Waals surface area contributed by atoms with Gasteiger partial charge in [0.2, 0.25) is 5.91 Å². The zero-order valence-electron chi connectivity index (χ0n) is 20.5. The van der Waals surface area contributed by atoms with Crippen molar-refractivity contribution in [3.05, 3.63) is 29.3 Å². The Bertz CT molecular complexity index is 902. The number of amides is 2. The van der Waals surface area contributed by atoms with Gasteiger partial charge in [0.1, 0.15) is 5.78 Å². The summed E-state index contributed by atoms with van der Waals surface area (Å²) in [5, 5.41) is 2.87. The van der Waals surface area contributed by atoms with Crippen LogP contribution in [0.2, 0.25) is 0 Å². The maximum atomic E-state index is 13.1. The number of ether oxygens (including phenoxy) is 3. The molecule has 1 aromatic carbocycles. The highest BCUT2D eigenvalue weighted by Crippen LogP contribution is 2.33. The number of anilines is 1. The van der Waals surface area contributed by atoms with Crippen molar-refractivity contribution in [1.82, 2.24) is 4.90 Å². The van der Waals surface area contributed by atoms with E-state index < -0.39 is 6.04 Å². The molecule has 1 heterocycles. The van der Waals surface area contributed by atoms with E-state index in [1.54, 1.807) is 23.1 Å². The highest BCUT2D eigenvalue weighted by molar-refractivity contribution is 6.04. The maximum Gasteiger partial charge on any atom is 0.255 e. The van der Waals surface area contributed by atoms with E-state index in [9.17, 15) is 19.2 Å². The monoisotopic (exact) mass is 488 g/mol. The number of fused-ring (bicyclic) bond motifs is 1. The molecule has 1 aliphatic heterocycles. The van der Waals surface area contributed by atoms with E-state index in [-0.39, 0.29) is 43.0 Å². The molecule has 1 atom stereocenters. The van der Waals surface area contributed by atoms with Crippen LogP contribution in [0.3, 0.4) is 0 Å². The lowest BCUT2D eigenvalue weighted by molar-refractivity contribution is -0.126. The van der Waals surface area contributed by atoms with E-state index >= 15 is 0 Å². The average Bonchev–Trinajstić information content (AvgIpc) is 3.16. The zero-order valence-corrected chi connectivity index (χ0v) is 20.5. The molecule has 35 heavy (non-hydrogen) atoms. The van der Waals surface area contributed by atoms with E-state index in [0.29, 0.717) is 75.3 Å². The third-order valence-corrected chi connectivity index (χ3v) is 6.16.